The summed E-state index contributed by atoms with van der Waals surface area (Å²) >= 11 is 0. The van der Waals surface area contributed by atoms with E-state index in [0.717, 1.165) is 25.9 Å². The number of aliphatic hydroxyl groups excluding tert-OH is 1. The van der Waals surface area contributed by atoms with Crippen LogP contribution in [0.4, 0.5) is 0 Å². The van der Waals surface area contributed by atoms with Gasteiger partial charge in [-0.3, -0.25) is 0 Å². The smallest absolute Gasteiger partial charge is 0.0704 e. The zero-order valence-electron chi connectivity index (χ0n) is 8.01. The summed E-state index contributed by atoms with van der Waals surface area (Å²) < 4.78 is 5.62. The van der Waals surface area contributed by atoms with Crippen molar-refractivity contribution in [2.24, 2.45) is 0 Å². The van der Waals surface area contributed by atoms with Gasteiger partial charge in [0.2, 0.25) is 0 Å². The van der Waals surface area contributed by atoms with Crippen molar-refractivity contribution in [3.05, 3.63) is 0 Å². The van der Waals surface area contributed by atoms with E-state index in [9.17, 15) is 0 Å². The maximum absolute atomic E-state index is 8.64. The molecule has 0 amide bonds. The Morgan fingerprint density at radius 1 is 1.33 bits per heavy atom. The first-order valence-electron chi connectivity index (χ1n) is 5.08. The highest BCUT2D eigenvalue weighted by molar-refractivity contribution is 4.86. The minimum atomic E-state index is 0.212. The second-order valence-electron chi connectivity index (χ2n) is 3.71. The molecule has 2 heteroatoms. The van der Waals surface area contributed by atoms with Crippen molar-refractivity contribution in [3.8, 4) is 0 Å². The normalized spacial score (nSPS) is 28.5. The van der Waals surface area contributed by atoms with Gasteiger partial charge in [0.15, 0.2) is 0 Å². The lowest BCUT2D eigenvalue weighted by Crippen LogP contribution is -2.43. The second-order valence-corrected chi connectivity index (χ2v) is 3.71. The Bertz CT molecular complexity index is 119. The van der Waals surface area contributed by atoms with Gasteiger partial charge in [-0.15, -0.1) is 0 Å². The fourth-order valence-corrected chi connectivity index (χ4v) is 1.92. The molecule has 0 saturated carbocycles. The highest BCUT2D eigenvalue weighted by Crippen LogP contribution is 2.35. The maximum Gasteiger partial charge on any atom is 0.0704 e. The summed E-state index contributed by atoms with van der Waals surface area (Å²) in [7, 11) is 0. The molecule has 12 heavy (non-hydrogen) atoms. The number of hydrogen-bond acceptors (Lipinski definition) is 2. The van der Waals surface area contributed by atoms with Crippen LogP contribution in [0.15, 0.2) is 0 Å². The summed E-state index contributed by atoms with van der Waals surface area (Å²) in [4.78, 5) is 0. The molecule has 0 aromatic rings. The molecule has 1 unspecified atom stereocenters. The Morgan fingerprint density at radius 3 is 2.50 bits per heavy atom. The fourth-order valence-electron chi connectivity index (χ4n) is 1.92. The van der Waals surface area contributed by atoms with Crippen LogP contribution >= 0.6 is 0 Å². The molecular formula is C10H20O2. The average molecular weight is 172 g/mol. The molecule has 0 aromatic heterocycles. The van der Waals surface area contributed by atoms with E-state index in [1.165, 1.54) is 19.3 Å². The molecule has 0 aromatic carbocycles. The summed E-state index contributed by atoms with van der Waals surface area (Å²) in [6.07, 6.45) is 6.80. The number of hydrogen-bond donors (Lipinski definition) is 1. The summed E-state index contributed by atoms with van der Waals surface area (Å²) in [5, 5.41) is 8.64. The minimum Gasteiger partial charge on any atom is -0.396 e. The van der Waals surface area contributed by atoms with Gasteiger partial charge in [-0.1, -0.05) is 13.3 Å². The molecule has 72 valence electrons. The molecule has 1 aliphatic heterocycles. The third-order valence-electron chi connectivity index (χ3n) is 2.71. The lowest BCUT2D eigenvalue weighted by Gasteiger charge is -2.42. The first kappa shape index (κ1) is 10.0. The number of rotatable bonds is 6. The van der Waals surface area contributed by atoms with E-state index >= 15 is 0 Å². The molecular weight excluding hydrogens is 152 g/mol. The second kappa shape index (κ2) is 4.83. The number of aliphatic hydroxyl groups is 1. The van der Waals surface area contributed by atoms with Gasteiger partial charge in [0.05, 0.1) is 12.2 Å². The third-order valence-corrected chi connectivity index (χ3v) is 2.71. The number of unbranched alkanes of at least 4 members (excludes halogenated alkanes) is 1. The van der Waals surface area contributed by atoms with Crippen molar-refractivity contribution >= 4 is 0 Å². The van der Waals surface area contributed by atoms with E-state index in [4.69, 9.17) is 9.84 Å². The Hall–Kier alpha value is -0.0800. The molecule has 1 heterocycles. The van der Waals surface area contributed by atoms with E-state index in [-0.39, 0.29) is 5.60 Å². The summed E-state index contributed by atoms with van der Waals surface area (Å²) in [6, 6.07) is 0. The van der Waals surface area contributed by atoms with Crippen LogP contribution in [-0.4, -0.2) is 23.9 Å². The lowest BCUT2D eigenvalue weighted by molar-refractivity contribution is -0.157. The summed E-state index contributed by atoms with van der Waals surface area (Å²) in [6.45, 7) is 3.47. The third kappa shape index (κ3) is 2.46. The van der Waals surface area contributed by atoms with Gasteiger partial charge in [0.1, 0.15) is 0 Å². The standard InChI is InChI=1S/C10H20O2/c1-2-5-10(7-9-12-10)6-3-4-8-11/h11H,2-9H2,1H3. The van der Waals surface area contributed by atoms with Crippen molar-refractivity contribution in [2.45, 2.75) is 51.0 Å². The van der Waals surface area contributed by atoms with E-state index in [1.54, 1.807) is 0 Å². The molecule has 0 spiro atoms. The van der Waals surface area contributed by atoms with Crippen LogP contribution in [-0.2, 0) is 4.74 Å². The molecule has 1 aliphatic rings. The molecule has 1 fully saturated rings. The fraction of sp³-hybridized carbons (Fsp3) is 1.00. The van der Waals surface area contributed by atoms with Crippen molar-refractivity contribution in [1.82, 2.24) is 0 Å². The van der Waals surface area contributed by atoms with Gasteiger partial charge in [-0.2, -0.15) is 0 Å². The van der Waals surface area contributed by atoms with E-state index in [0.29, 0.717) is 6.61 Å². The van der Waals surface area contributed by atoms with Gasteiger partial charge < -0.3 is 9.84 Å². The van der Waals surface area contributed by atoms with Crippen LogP contribution in [0.3, 0.4) is 0 Å². The molecule has 1 saturated heterocycles. The van der Waals surface area contributed by atoms with Crippen molar-refractivity contribution in [2.75, 3.05) is 13.2 Å². The summed E-state index contributed by atoms with van der Waals surface area (Å²) in [5.41, 5.74) is 0.212. The quantitative estimate of drug-likeness (QED) is 0.622. The highest BCUT2D eigenvalue weighted by atomic mass is 16.5. The average Bonchev–Trinajstić information content (AvgIpc) is 2.00. The first-order chi connectivity index (χ1) is 5.83. The predicted molar refractivity (Wildman–Crippen MR) is 49.1 cm³/mol. The number of ether oxygens (including phenoxy) is 1. The van der Waals surface area contributed by atoms with Gasteiger partial charge >= 0.3 is 0 Å². The molecule has 1 atom stereocenters. The van der Waals surface area contributed by atoms with Crippen LogP contribution < -0.4 is 0 Å². The van der Waals surface area contributed by atoms with E-state index in [1.807, 2.05) is 0 Å². The lowest BCUT2D eigenvalue weighted by atomic mass is 9.85. The monoisotopic (exact) mass is 172 g/mol. The molecule has 0 bridgehead atoms. The summed E-state index contributed by atoms with van der Waals surface area (Å²) in [5.74, 6) is 0. The van der Waals surface area contributed by atoms with Gasteiger partial charge in [-0.05, 0) is 32.1 Å². The molecule has 0 radical (unpaired) electrons. The Kier molecular flexibility index (Phi) is 4.02. The van der Waals surface area contributed by atoms with Crippen LogP contribution in [0.1, 0.15) is 45.4 Å². The maximum atomic E-state index is 8.64. The van der Waals surface area contributed by atoms with E-state index in [2.05, 4.69) is 6.92 Å². The van der Waals surface area contributed by atoms with Crippen molar-refractivity contribution < 1.29 is 9.84 Å². The van der Waals surface area contributed by atoms with Crippen molar-refractivity contribution in [1.29, 1.82) is 0 Å². The molecule has 2 nitrogen and oxygen atoms in total. The molecule has 0 aliphatic carbocycles. The molecule has 1 N–H and O–H groups in total. The van der Waals surface area contributed by atoms with Gasteiger partial charge in [-0.25, -0.2) is 0 Å². The van der Waals surface area contributed by atoms with Crippen LogP contribution in [0.2, 0.25) is 0 Å². The zero-order chi connectivity index (χ0) is 8.86. The van der Waals surface area contributed by atoms with Crippen LogP contribution in [0.5, 0.6) is 0 Å². The van der Waals surface area contributed by atoms with Crippen LogP contribution in [0, 0.1) is 0 Å². The minimum absolute atomic E-state index is 0.212. The Morgan fingerprint density at radius 2 is 2.08 bits per heavy atom. The zero-order valence-corrected chi connectivity index (χ0v) is 8.01. The van der Waals surface area contributed by atoms with Gasteiger partial charge in [0.25, 0.3) is 0 Å². The van der Waals surface area contributed by atoms with Gasteiger partial charge in [0, 0.05) is 6.61 Å². The largest absolute Gasteiger partial charge is 0.396 e. The van der Waals surface area contributed by atoms with Crippen LogP contribution in [0.25, 0.3) is 0 Å². The molecule has 1 rings (SSSR count). The van der Waals surface area contributed by atoms with E-state index < -0.39 is 0 Å². The Balaban J connectivity index is 2.15. The SMILES string of the molecule is CCCC1(CCCCO)CCO1. The first-order valence-corrected chi connectivity index (χ1v) is 5.08. The topological polar surface area (TPSA) is 29.5 Å². The Labute approximate surface area is 74.9 Å². The van der Waals surface area contributed by atoms with Crippen molar-refractivity contribution in [3.63, 3.8) is 0 Å². The highest BCUT2D eigenvalue weighted by Gasteiger charge is 2.36. The predicted octanol–water partition coefficient (Wildman–Crippen LogP) is 2.11.